The van der Waals surface area contributed by atoms with E-state index in [0.717, 1.165) is 22.3 Å². The van der Waals surface area contributed by atoms with Crippen LogP contribution in [0.1, 0.15) is 40.4 Å². The van der Waals surface area contributed by atoms with Crippen LogP contribution in [0.2, 0.25) is 0 Å². The van der Waals surface area contributed by atoms with E-state index in [2.05, 4.69) is 11.0 Å². The number of hydrogen-bond donors (Lipinski definition) is 0. The van der Waals surface area contributed by atoms with Gasteiger partial charge >= 0.3 is 11.9 Å². The third kappa shape index (κ3) is 4.68. The molecule has 2 aromatic carbocycles. The van der Waals surface area contributed by atoms with Gasteiger partial charge in [0.1, 0.15) is 0 Å². The Morgan fingerprint density at radius 3 is 2.38 bits per heavy atom. The molecule has 0 bridgehead atoms. The first-order chi connectivity index (χ1) is 16.2. The molecule has 176 valence electrons. The summed E-state index contributed by atoms with van der Waals surface area (Å²) in [7, 11) is 0. The molecule has 1 aromatic heterocycles. The van der Waals surface area contributed by atoms with Crippen molar-refractivity contribution in [1.82, 2.24) is 14.0 Å². The highest BCUT2D eigenvalue weighted by Crippen LogP contribution is 2.29. The molecule has 0 spiro atoms. The minimum absolute atomic E-state index is 0.104. The summed E-state index contributed by atoms with van der Waals surface area (Å²) in [5.41, 5.74) is 1.54. The third-order valence-corrected chi connectivity index (χ3v) is 6.09. The van der Waals surface area contributed by atoms with Crippen LogP contribution < -0.4 is 11.2 Å². The molecule has 0 atom stereocenters. The Hall–Kier alpha value is -3.64. The number of nitriles is 1. The Morgan fingerprint density at radius 2 is 1.74 bits per heavy atom. The lowest BCUT2D eigenvalue weighted by atomic mass is 10.0. The maximum absolute atomic E-state index is 13.3. The van der Waals surface area contributed by atoms with E-state index in [9.17, 15) is 22.8 Å². The number of hydrogen-bond acceptors (Lipinski definition) is 4. The Morgan fingerprint density at radius 1 is 1.00 bits per heavy atom. The quantitative estimate of drug-likeness (QED) is 0.575. The van der Waals surface area contributed by atoms with E-state index < -0.39 is 23.0 Å². The van der Waals surface area contributed by atoms with E-state index in [1.165, 1.54) is 12.1 Å². The molecule has 3 aromatic rings. The number of aromatic nitrogens is 2. The second kappa shape index (κ2) is 9.31. The minimum atomic E-state index is -4.45. The number of benzene rings is 2. The van der Waals surface area contributed by atoms with Gasteiger partial charge in [0.25, 0.3) is 5.56 Å². The fourth-order valence-electron chi connectivity index (χ4n) is 4.39. The lowest BCUT2D eigenvalue weighted by Gasteiger charge is -2.30. The molecule has 0 saturated heterocycles. The van der Waals surface area contributed by atoms with Crippen molar-refractivity contribution in [3.05, 3.63) is 103 Å². The summed E-state index contributed by atoms with van der Waals surface area (Å²) in [4.78, 5) is 28.5. The van der Waals surface area contributed by atoms with Crippen molar-refractivity contribution in [2.24, 2.45) is 0 Å². The topological polar surface area (TPSA) is 71.0 Å². The first kappa shape index (κ1) is 23.5. The van der Waals surface area contributed by atoms with Gasteiger partial charge < -0.3 is 0 Å². The van der Waals surface area contributed by atoms with Crippen LogP contribution in [0, 0.1) is 11.3 Å². The molecule has 0 amide bonds. The van der Waals surface area contributed by atoms with E-state index >= 15 is 0 Å². The van der Waals surface area contributed by atoms with Crippen LogP contribution in [0.15, 0.2) is 58.1 Å². The molecule has 0 saturated carbocycles. The SMILES string of the molecule is CCn1c2c(c(=O)n(Cc3ccc(C(F)(F)F)cc3)c1=O)CN(Cc1cccc(C#N)c1)CC2. The molecule has 0 radical (unpaired) electrons. The van der Waals surface area contributed by atoms with Gasteiger partial charge in [-0.3, -0.25) is 18.8 Å². The smallest absolute Gasteiger partial charge is 0.297 e. The lowest BCUT2D eigenvalue weighted by molar-refractivity contribution is -0.137. The third-order valence-electron chi connectivity index (χ3n) is 6.09. The summed E-state index contributed by atoms with van der Waals surface area (Å²) in [5, 5.41) is 9.13. The van der Waals surface area contributed by atoms with Gasteiger partial charge in [-0.25, -0.2) is 4.79 Å². The van der Waals surface area contributed by atoms with E-state index in [0.29, 0.717) is 55.0 Å². The van der Waals surface area contributed by atoms with Gasteiger partial charge in [-0.2, -0.15) is 18.4 Å². The fraction of sp³-hybridized carbons (Fsp3) is 0.320. The van der Waals surface area contributed by atoms with E-state index in [-0.39, 0.29) is 6.54 Å². The van der Waals surface area contributed by atoms with Crippen molar-refractivity contribution in [2.45, 2.75) is 45.7 Å². The van der Waals surface area contributed by atoms with Crippen LogP contribution in [0.4, 0.5) is 13.2 Å². The summed E-state index contributed by atoms with van der Waals surface area (Å²) in [5.74, 6) is 0. The van der Waals surface area contributed by atoms with Crippen molar-refractivity contribution < 1.29 is 13.2 Å². The normalized spacial score (nSPS) is 14.0. The van der Waals surface area contributed by atoms with Gasteiger partial charge in [-0.15, -0.1) is 0 Å². The number of nitrogens with zero attached hydrogens (tertiary/aromatic N) is 4. The molecule has 0 N–H and O–H groups in total. The second-order valence-electron chi connectivity index (χ2n) is 8.31. The van der Waals surface area contributed by atoms with Gasteiger partial charge in [0, 0.05) is 38.3 Å². The summed E-state index contributed by atoms with van der Waals surface area (Å²) in [6, 6.07) is 13.9. The van der Waals surface area contributed by atoms with Crippen LogP contribution in [0.25, 0.3) is 0 Å². The zero-order chi connectivity index (χ0) is 24.5. The zero-order valence-electron chi connectivity index (χ0n) is 18.6. The molecule has 0 aliphatic carbocycles. The Labute approximate surface area is 194 Å². The van der Waals surface area contributed by atoms with Crippen LogP contribution in [0.5, 0.6) is 0 Å². The van der Waals surface area contributed by atoms with Crippen LogP contribution in [-0.2, 0) is 38.8 Å². The predicted molar refractivity (Wildman–Crippen MR) is 120 cm³/mol. The number of rotatable bonds is 5. The molecule has 9 heteroatoms. The van der Waals surface area contributed by atoms with Gasteiger partial charge in [0.05, 0.1) is 29.3 Å². The van der Waals surface area contributed by atoms with E-state index in [1.807, 2.05) is 25.1 Å². The highest BCUT2D eigenvalue weighted by atomic mass is 19.4. The molecule has 0 unspecified atom stereocenters. The van der Waals surface area contributed by atoms with Crippen molar-refractivity contribution >= 4 is 0 Å². The van der Waals surface area contributed by atoms with Crippen molar-refractivity contribution in [1.29, 1.82) is 5.26 Å². The molecular weight excluding hydrogens is 445 g/mol. The van der Waals surface area contributed by atoms with Crippen LogP contribution in [-0.4, -0.2) is 20.6 Å². The van der Waals surface area contributed by atoms with Crippen molar-refractivity contribution in [2.75, 3.05) is 6.54 Å². The predicted octanol–water partition coefficient (Wildman–Crippen LogP) is 3.53. The van der Waals surface area contributed by atoms with Gasteiger partial charge in [0.15, 0.2) is 0 Å². The van der Waals surface area contributed by atoms with E-state index in [4.69, 9.17) is 5.26 Å². The highest BCUT2D eigenvalue weighted by Gasteiger charge is 2.30. The molecule has 2 heterocycles. The first-order valence-corrected chi connectivity index (χ1v) is 10.9. The molecule has 34 heavy (non-hydrogen) atoms. The summed E-state index contributed by atoms with van der Waals surface area (Å²) in [6.07, 6.45) is -3.92. The number of alkyl halides is 3. The average molecular weight is 468 g/mol. The Kier molecular flexibility index (Phi) is 6.44. The maximum atomic E-state index is 13.3. The minimum Gasteiger partial charge on any atom is -0.297 e. The molecule has 1 aliphatic heterocycles. The summed E-state index contributed by atoms with van der Waals surface area (Å²) in [6.45, 7) is 3.67. The van der Waals surface area contributed by atoms with Gasteiger partial charge in [-0.05, 0) is 42.3 Å². The van der Waals surface area contributed by atoms with Crippen LogP contribution >= 0.6 is 0 Å². The molecule has 0 fully saturated rings. The highest BCUT2D eigenvalue weighted by molar-refractivity contribution is 5.33. The molecular formula is C25H23F3N4O2. The number of fused-ring (bicyclic) bond motifs is 1. The standard InChI is InChI=1S/C25H23F3N4O2/c1-2-31-22-10-11-30(14-19-5-3-4-18(12-19)13-29)16-21(22)23(33)32(24(31)34)15-17-6-8-20(9-7-17)25(26,27)28/h3-9,12H,2,10-11,14-16H2,1H3. The Balaban J connectivity index is 1.66. The lowest BCUT2D eigenvalue weighted by Crippen LogP contribution is -2.47. The fourth-order valence-corrected chi connectivity index (χ4v) is 4.39. The van der Waals surface area contributed by atoms with E-state index in [1.54, 1.807) is 10.6 Å². The summed E-state index contributed by atoms with van der Waals surface area (Å²) >= 11 is 0. The average Bonchev–Trinajstić information content (AvgIpc) is 2.82. The zero-order valence-corrected chi connectivity index (χ0v) is 18.6. The number of halogens is 3. The molecule has 4 rings (SSSR count). The van der Waals surface area contributed by atoms with Gasteiger partial charge in [0.2, 0.25) is 0 Å². The maximum Gasteiger partial charge on any atom is 0.416 e. The first-order valence-electron chi connectivity index (χ1n) is 10.9. The van der Waals surface area contributed by atoms with Crippen molar-refractivity contribution in [3.8, 4) is 6.07 Å². The van der Waals surface area contributed by atoms with Crippen molar-refractivity contribution in [3.63, 3.8) is 0 Å². The molecule has 6 nitrogen and oxygen atoms in total. The largest absolute Gasteiger partial charge is 0.416 e. The Bertz CT molecular complexity index is 1370. The van der Waals surface area contributed by atoms with Gasteiger partial charge in [-0.1, -0.05) is 24.3 Å². The second-order valence-corrected chi connectivity index (χ2v) is 8.31. The molecule has 1 aliphatic rings. The van der Waals surface area contributed by atoms with Crippen LogP contribution in [0.3, 0.4) is 0 Å². The monoisotopic (exact) mass is 468 g/mol. The summed E-state index contributed by atoms with van der Waals surface area (Å²) < 4.78 is 41.3.